The summed E-state index contributed by atoms with van der Waals surface area (Å²) >= 11 is 0. The molecule has 1 aliphatic heterocycles. The molecule has 1 aromatic carbocycles. The number of rotatable bonds is 6. The van der Waals surface area contributed by atoms with Crippen molar-refractivity contribution in [3.8, 4) is 0 Å². The lowest BCUT2D eigenvalue weighted by Gasteiger charge is -2.29. The zero-order valence-corrected chi connectivity index (χ0v) is 15.2. The highest BCUT2D eigenvalue weighted by Crippen LogP contribution is 2.25. The minimum absolute atomic E-state index is 0.0370. The van der Waals surface area contributed by atoms with Gasteiger partial charge in [0.2, 0.25) is 5.91 Å². The zero-order chi connectivity index (χ0) is 17.8. The van der Waals surface area contributed by atoms with E-state index in [9.17, 15) is 9.90 Å². The van der Waals surface area contributed by atoms with E-state index in [0.717, 1.165) is 55.4 Å². The molecule has 2 N–H and O–H groups in total. The first kappa shape index (κ1) is 18.0. The summed E-state index contributed by atoms with van der Waals surface area (Å²) in [7, 11) is 0. The summed E-state index contributed by atoms with van der Waals surface area (Å²) < 4.78 is 5.59. The quantitative estimate of drug-likeness (QED) is 0.791. The van der Waals surface area contributed by atoms with Gasteiger partial charge in [-0.2, -0.15) is 0 Å². The zero-order valence-electron chi connectivity index (χ0n) is 15.2. The van der Waals surface area contributed by atoms with Crippen LogP contribution in [0.1, 0.15) is 36.0 Å². The molecule has 2 aromatic rings. The van der Waals surface area contributed by atoms with Crippen LogP contribution in [0.2, 0.25) is 0 Å². The second kappa shape index (κ2) is 8.02. The van der Waals surface area contributed by atoms with Crippen LogP contribution in [0.25, 0.3) is 11.0 Å². The van der Waals surface area contributed by atoms with Gasteiger partial charge in [-0.05, 0) is 62.9 Å². The molecule has 0 aliphatic carbocycles. The molecule has 1 amide bonds. The number of benzene rings is 1. The van der Waals surface area contributed by atoms with Crippen molar-refractivity contribution in [2.24, 2.45) is 0 Å². The van der Waals surface area contributed by atoms with E-state index in [1.807, 2.05) is 6.07 Å². The average Bonchev–Trinajstić information content (AvgIpc) is 2.95. The maximum absolute atomic E-state index is 12.2. The van der Waals surface area contributed by atoms with E-state index in [0.29, 0.717) is 13.0 Å². The normalized spacial score (nSPS) is 16.4. The Hall–Kier alpha value is -1.85. The summed E-state index contributed by atoms with van der Waals surface area (Å²) in [6.07, 6.45) is 4.57. The molecule has 1 aromatic heterocycles. The molecular weight excluding hydrogens is 316 g/mol. The second-order valence-electron chi connectivity index (χ2n) is 7.15. The fourth-order valence-corrected chi connectivity index (χ4v) is 3.38. The highest BCUT2D eigenvalue weighted by molar-refractivity contribution is 5.88. The lowest BCUT2D eigenvalue weighted by atomic mass is 10.0. The maximum Gasteiger partial charge on any atom is 0.224 e. The van der Waals surface area contributed by atoms with Crippen molar-refractivity contribution in [1.82, 2.24) is 10.2 Å². The summed E-state index contributed by atoms with van der Waals surface area (Å²) in [5, 5.41) is 13.5. The minimum atomic E-state index is -0.131. The first-order chi connectivity index (χ1) is 12.0. The van der Waals surface area contributed by atoms with E-state index in [1.165, 1.54) is 11.1 Å². The van der Waals surface area contributed by atoms with Gasteiger partial charge in [0.25, 0.3) is 0 Å². The van der Waals surface area contributed by atoms with Gasteiger partial charge in [0.05, 0.1) is 18.8 Å². The van der Waals surface area contributed by atoms with E-state index in [1.54, 1.807) is 6.26 Å². The van der Waals surface area contributed by atoms with Crippen LogP contribution in [-0.2, 0) is 11.2 Å². The number of furan rings is 1. The lowest BCUT2D eigenvalue weighted by Crippen LogP contribution is -2.37. The predicted molar refractivity (Wildman–Crippen MR) is 98.7 cm³/mol. The number of piperidine rings is 1. The van der Waals surface area contributed by atoms with Crippen LogP contribution < -0.4 is 5.32 Å². The van der Waals surface area contributed by atoms with Crippen molar-refractivity contribution in [2.75, 3.05) is 26.2 Å². The number of carbonyl (C=O) groups excluding carboxylic acids is 1. The van der Waals surface area contributed by atoms with Crippen LogP contribution in [-0.4, -0.2) is 48.2 Å². The number of aliphatic hydroxyl groups excluding tert-OH is 1. The maximum atomic E-state index is 12.2. The summed E-state index contributed by atoms with van der Waals surface area (Å²) in [6.45, 7) is 7.70. The number of carbonyl (C=O) groups is 1. The summed E-state index contributed by atoms with van der Waals surface area (Å²) in [6, 6.07) is 4.13. The number of amides is 1. The summed E-state index contributed by atoms with van der Waals surface area (Å²) in [4.78, 5) is 14.6. The fraction of sp³-hybridized carbons (Fsp3) is 0.550. The number of likely N-dealkylation sites (tertiary alicyclic amines) is 1. The number of aryl methyl sites for hydroxylation is 2. The van der Waals surface area contributed by atoms with Gasteiger partial charge < -0.3 is 19.7 Å². The van der Waals surface area contributed by atoms with Crippen LogP contribution in [0, 0.1) is 13.8 Å². The van der Waals surface area contributed by atoms with Crippen molar-refractivity contribution < 1.29 is 14.3 Å². The van der Waals surface area contributed by atoms with Crippen molar-refractivity contribution in [2.45, 2.75) is 45.6 Å². The summed E-state index contributed by atoms with van der Waals surface area (Å²) in [5.74, 6) is 0.0370. The standard InChI is InChI=1S/C20H28N2O3/c1-14-10-18-16(13-25-19(18)11-15(14)2)12-20(24)21-6-3-7-22-8-4-17(23)5-9-22/h10-11,13,17,23H,3-9,12H2,1-2H3,(H,21,24). The molecule has 0 atom stereocenters. The number of hydrogen-bond donors (Lipinski definition) is 2. The van der Waals surface area contributed by atoms with Gasteiger partial charge in [0.1, 0.15) is 5.58 Å². The first-order valence-electron chi connectivity index (χ1n) is 9.17. The third-order valence-corrected chi connectivity index (χ3v) is 5.15. The van der Waals surface area contributed by atoms with E-state index < -0.39 is 0 Å². The topological polar surface area (TPSA) is 65.7 Å². The Morgan fingerprint density at radius 1 is 1.28 bits per heavy atom. The van der Waals surface area contributed by atoms with Crippen molar-refractivity contribution in [3.05, 3.63) is 35.1 Å². The van der Waals surface area contributed by atoms with Gasteiger partial charge in [-0.25, -0.2) is 0 Å². The van der Waals surface area contributed by atoms with E-state index in [2.05, 4.69) is 30.1 Å². The Bertz CT molecular complexity index is 730. The minimum Gasteiger partial charge on any atom is -0.464 e. The Kier molecular flexibility index (Phi) is 5.76. The number of nitrogens with one attached hydrogen (secondary N) is 1. The highest BCUT2D eigenvalue weighted by atomic mass is 16.3. The van der Waals surface area contributed by atoms with Crippen LogP contribution in [0.5, 0.6) is 0 Å². The Labute approximate surface area is 149 Å². The van der Waals surface area contributed by atoms with Gasteiger partial charge in [0, 0.05) is 30.6 Å². The van der Waals surface area contributed by atoms with E-state index in [-0.39, 0.29) is 12.0 Å². The molecule has 0 radical (unpaired) electrons. The Morgan fingerprint density at radius 2 is 2.00 bits per heavy atom. The average molecular weight is 344 g/mol. The van der Waals surface area contributed by atoms with Crippen molar-refractivity contribution >= 4 is 16.9 Å². The van der Waals surface area contributed by atoms with Gasteiger partial charge >= 0.3 is 0 Å². The van der Waals surface area contributed by atoms with Gasteiger partial charge in [-0.3, -0.25) is 4.79 Å². The molecule has 5 heteroatoms. The number of fused-ring (bicyclic) bond motifs is 1. The van der Waals surface area contributed by atoms with Crippen molar-refractivity contribution in [1.29, 1.82) is 0 Å². The third-order valence-electron chi connectivity index (χ3n) is 5.15. The number of nitrogens with zero attached hydrogens (tertiary/aromatic N) is 1. The van der Waals surface area contributed by atoms with Gasteiger partial charge in [-0.15, -0.1) is 0 Å². The molecule has 25 heavy (non-hydrogen) atoms. The molecule has 1 saturated heterocycles. The van der Waals surface area contributed by atoms with Crippen LogP contribution in [0.4, 0.5) is 0 Å². The molecule has 1 aliphatic rings. The SMILES string of the molecule is Cc1cc2occ(CC(=O)NCCCN3CCC(O)CC3)c2cc1C. The molecule has 136 valence electrons. The molecule has 0 spiro atoms. The smallest absolute Gasteiger partial charge is 0.224 e. The molecule has 5 nitrogen and oxygen atoms in total. The molecule has 2 heterocycles. The molecule has 1 fully saturated rings. The van der Waals surface area contributed by atoms with Crippen molar-refractivity contribution in [3.63, 3.8) is 0 Å². The number of hydrogen-bond acceptors (Lipinski definition) is 4. The first-order valence-corrected chi connectivity index (χ1v) is 9.17. The molecule has 3 rings (SSSR count). The summed E-state index contributed by atoms with van der Waals surface area (Å²) in [5.41, 5.74) is 4.20. The van der Waals surface area contributed by atoms with E-state index >= 15 is 0 Å². The van der Waals surface area contributed by atoms with E-state index in [4.69, 9.17) is 4.42 Å². The molecular formula is C20H28N2O3. The Morgan fingerprint density at radius 3 is 2.76 bits per heavy atom. The van der Waals surface area contributed by atoms with Gasteiger partial charge in [0.15, 0.2) is 0 Å². The monoisotopic (exact) mass is 344 g/mol. The fourth-order valence-electron chi connectivity index (χ4n) is 3.38. The Balaban J connectivity index is 1.44. The molecule has 0 unspecified atom stereocenters. The second-order valence-corrected chi connectivity index (χ2v) is 7.15. The van der Waals surface area contributed by atoms with Crippen LogP contribution in [0.3, 0.4) is 0 Å². The molecule has 0 bridgehead atoms. The highest BCUT2D eigenvalue weighted by Gasteiger charge is 2.16. The van der Waals surface area contributed by atoms with Gasteiger partial charge in [-0.1, -0.05) is 0 Å². The predicted octanol–water partition coefficient (Wildman–Crippen LogP) is 2.56. The lowest BCUT2D eigenvalue weighted by molar-refractivity contribution is -0.120. The molecule has 0 saturated carbocycles. The number of aliphatic hydroxyl groups is 1. The largest absolute Gasteiger partial charge is 0.464 e. The van der Waals surface area contributed by atoms with Crippen LogP contribution >= 0.6 is 0 Å². The van der Waals surface area contributed by atoms with Crippen LogP contribution in [0.15, 0.2) is 22.8 Å². The third kappa shape index (κ3) is 4.61.